The summed E-state index contributed by atoms with van der Waals surface area (Å²) in [6, 6.07) is 13.4. The normalized spacial score (nSPS) is 15.4. The molecule has 0 atom stereocenters. The number of carbonyl (C=O) groups is 1. The van der Waals surface area contributed by atoms with E-state index in [0.717, 1.165) is 43.8 Å². The molecule has 0 aliphatic carbocycles. The maximum Gasteiger partial charge on any atom is 0.270 e. The van der Waals surface area contributed by atoms with Crippen LogP contribution in [0, 0.1) is 10.1 Å². The number of imidazole rings is 1. The van der Waals surface area contributed by atoms with Gasteiger partial charge in [-0.2, -0.15) is 0 Å². The zero-order valence-electron chi connectivity index (χ0n) is 16.8. The van der Waals surface area contributed by atoms with Crippen LogP contribution in [0.4, 0.5) is 11.6 Å². The van der Waals surface area contributed by atoms with Gasteiger partial charge in [0.2, 0.25) is 5.95 Å². The lowest BCUT2D eigenvalue weighted by molar-refractivity contribution is -0.384. The van der Waals surface area contributed by atoms with Gasteiger partial charge in [-0.1, -0.05) is 18.2 Å². The molecule has 4 rings (SSSR count). The van der Waals surface area contributed by atoms with Crippen molar-refractivity contribution in [2.24, 2.45) is 0 Å². The van der Waals surface area contributed by atoms with E-state index in [-0.39, 0.29) is 11.3 Å². The van der Waals surface area contributed by atoms with Crippen molar-refractivity contribution in [1.29, 1.82) is 0 Å². The number of nitro benzene ring substituents is 1. The van der Waals surface area contributed by atoms with E-state index in [9.17, 15) is 14.9 Å². The number of para-hydroxylation sites is 2. The number of anilines is 1. The zero-order valence-corrected chi connectivity index (χ0v) is 16.8. The average Bonchev–Trinajstić information content (AvgIpc) is 3.10. The van der Waals surface area contributed by atoms with Gasteiger partial charge in [0, 0.05) is 57.0 Å². The average molecular weight is 408 g/mol. The minimum atomic E-state index is -0.512. The van der Waals surface area contributed by atoms with Crippen molar-refractivity contribution in [2.75, 3.05) is 45.1 Å². The number of carbonyl (C=O) groups excluding carboxylic acids is 1. The van der Waals surface area contributed by atoms with Gasteiger partial charge in [-0.05, 0) is 25.2 Å². The Labute approximate surface area is 174 Å². The zero-order chi connectivity index (χ0) is 21.1. The lowest BCUT2D eigenvalue weighted by Gasteiger charge is -2.32. The second kappa shape index (κ2) is 8.60. The van der Waals surface area contributed by atoms with E-state index in [1.807, 2.05) is 28.8 Å². The molecule has 9 nitrogen and oxygen atoms in total. The summed E-state index contributed by atoms with van der Waals surface area (Å²) in [6.45, 7) is 5.65. The fraction of sp³-hybridized carbons (Fsp3) is 0.333. The topological polar surface area (TPSA) is 96.5 Å². The Balaban J connectivity index is 1.56. The molecule has 9 heteroatoms. The monoisotopic (exact) mass is 408 g/mol. The molecule has 0 saturated carbocycles. The molecule has 1 fully saturated rings. The second-order valence-corrected chi connectivity index (χ2v) is 7.48. The van der Waals surface area contributed by atoms with Crippen LogP contribution < -0.4 is 5.32 Å². The molecule has 30 heavy (non-hydrogen) atoms. The first-order chi connectivity index (χ1) is 14.5. The van der Waals surface area contributed by atoms with E-state index in [4.69, 9.17) is 0 Å². The standard InChI is InChI=1S/C21H24N6O3/c1-24-9-11-25(12-10-24)13-14-26-19-8-3-2-7-18(19)22-21(26)23-20(28)16-5-4-6-17(15-16)27(29)30/h2-8,15H,9-14H2,1H3,(H,22,23,28). The van der Waals surface area contributed by atoms with E-state index >= 15 is 0 Å². The highest BCUT2D eigenvalue weighted by Crippen LogP contribution is 2.21. The Morgan fingerprint density at radius 3 is 2.63 bits per heavy atom. The summed E-state index contributed by atoms with van der Waals surface area (Å²) >= 11 is 0. The number of hydrogen-bond acceptors (Lipinski definition) is 6. The summed E-state index contributed by atoms with van der Waals surface area (Å²) in [5, 5.41) is 13.9. The van der Waals surface area contributed by atoms with Crippen molar-refractivity contribution in [3.8, 4) is 0 Å². The first-order valence-electron chi connectivity index (χ1n) is 9.93. The smallest absolute Gasteiger partial charge is 0.270 e. The molecule has 156 valence electrons. The third-order valence-corrected chi connectivity index (χ3v) is 5.43. The lowest BCUT2D eigenvalue weighted by atomic mass is 10.2. The van der Waals surface area contributed by atoms with Gasteiger partial charge < -0.3 is 9.47 Å². The third-order valence-electron chi connectivity index (χ3n) is 5.43. The molecule has 3 aromatic rings. The Bertz CT molecular complexity index is 1070. The van der Waals surface area contributed by atoms with Crippen LogP contribution in [-0.4, -0.2) is 70.0 Å². The number of nitro groups is 1. The summed E-state index contributed by atoms with van der Waals surface area (Å²) in [5.41, 5.74) is 1.85. The molecule has 1 saturated heterocycles. The maximum atomic E-state index is 12.8. The number of rotatable bonds is 6. The number of nitrogens with one attached hydrogen (secondary N) is 1. The molecule has 1 aromatic heterocycles. The Morgan fingerprint density at radius 1 is 1.10 bits per heavy atom. The number of non-ortho nitro benzene ring substituents is 1. The Kier molecular flexibility index (Phi) is 5.73. The van der Waals surface area contributed by atoms with Gasteiger partial charge in [-0.3, -0.25) is 25.1 Å². The number of amides is 1. The van der Waals surface area contributed by atoms with E-state index in [1.165, 1.54) is 18.2 Å². The number of aromatic nitrogens is 2. The van der Waals surface area contributed by atoms with Crippen LogP contribution in [0.1, 0.15) is 10.4 Å². The van der Waals surface area contributed by atoms with Gasteiger partial charge >= 0.3 is 0 Å². The van der Waals surface area contributed by atoms with Crippen molar-refractivity contribution in [3.05, 3.63) is 64.2 Å². The fourth-order valence-corrected chi connectivity index (χ4v) is 3.64. The molecule has 1 amide bonds. The van der Waals surface area contributed by atoms with E-state index in [1.54, 1.807) is 6.07 Å². The number of piperazine rings is 1. The summed E-state index contributed by atoms with van der Waals surface area (Å²) in [6.07, 6.45) is 0. The predicted octanol–water partition coefficient (Wildman–Crippen LogP) is 2.44. The quantitative estimate of drug-likeness (QED) is 0.497. The predicted molar refractivity (Wildman–Crippen MR) is 115 cm³/mol. The second-order valence-electron chi connectivity index (χ2n) is 7.48. The fourth-order valence-electron chi connectivity index (χ4n) is 3.64. The molecule has 0 spiro atoms. The van der Waals surface area contributed by atoms with Gasteiger partial charge in [0.1, 0.15) is 0 Å². The minimum absolute atomic E-state index is 0.119. The Hall–Kier alpha value is -3.30. The lowest BCUT2D eigenvalue weighted by Crippen LogP contribution is -2.45. The molecule has 2 aromatic carbocycles. The van der Waals surface area contributed by atoms with Crippen LogP contribution in [0.3, 0.4) is 0 Å². The highest BCUT2D eigenvalue weighted by Gasteiger charge is 2.18. The molecule has 0 unspecified atom stereocenters. The van der Waals surface area contributed by atoms with Crippen molar-refractivity contribution >= 4 is 28.6 Å². The highest BCUT2D eigenvalue weighted by atomic mass is 16.6. The number of nitrogens with zero attached hydrogens (tertiary/aromatic N) is 5. The van der Waals surface area contributed by atoms with Crippen molar-refractivity contribution in [3.63, 3.8) is 0 Å². The van der Waals surface area contributed by atoms with Crippen LogP contribution in [0.25, 0.3) is 11.0 Å². The molecule has 0 bridgehead atoms. The third kappa shape index (κ3) is 4.32. The van der Waals surface area contributed by atoms with Crippen LogP contribution in [0.5, 0.6) is 0 Å². The van der Waals surface area contributed by atoms with Crippen LogP contribution in [0.15, 0.2) is 48.5 Å². The first-order valence-corrected chi connectivity index (χ1v) is 9.93. The van der Waals surface area contributed by atoms with Gasteiger partial charge in [0.15, 0.2) is 0 Å². The number of benzene rings is 2. The van der Waals surface area contributed by atoms with Crippen LogP contribution in [-0.2, 0) is 6.54 Å². The van der Waals surface area contributed by atoms with Crippen molar-refractivity contribution in [2.45, 2.75) is 6.54 Å². The van der Waals surface area contributed by atoms with E-state index in [2.05, 4.69) is 27.1 Å². The number of fused-ring (bicyclic) bond motifs is 1. The maximum absolute atomic E-state index is 12.8. The summed E-state index contributed by atoms with van der Waals surface area (Å²) < 4.78 is 2.00. The minimum Gasteiger partial charge on any atom is -0.309 e. The van der Waals surface area contributed by atoms with Gasteiger partial charge in [0.05, 0.1) is 16.0 Å². The SMILES string of the molecule is CN1CCN(CCn2c(NC(=O)c3cccc([N+](=O)[O-])c3)nc3ccccc32)CC1. The number of likely N-dealkylation sites (N-methyl/N-ethyl adjacent to an activating group) is 1. The molecular formula is C21H24N6O3. The molecule has 0 radical (unpaired) electrons. The number of hydrogen-bond donors (Lipinski definition) is 1. The molecule has 1 aliphatic heterocycles. The Morgan fingerprint density at radius 2 is 1.87 bits per heavy atom. The van der Waals surface area contributed by atoms with E-state index < -0.39 is 10.8 Å². The van der Waals surface area contributed by atoms with Gasteiger partial charge in [0.25, 0.3) is 11.6 Å². The summed E-state index contributed by atoms with van der Waals surface area (Å²) in [4.78, 5) is 32.6. The molecule has 1 aliphatic rings. The van der Waals surface area contributed by atoms with Gasteiger partial charge in [-0.15, -0.1) is 0 Å². The largest absolute Gasteiger partial charge is 0.309 e. The highest BCUT2D eigenvalue weighted by molar-refractivity contribution is 6.04. The first kappa shape index (κ1) is 20.0. The van der Waals surface area contributed by atoms with Crippen molar-refractivity contribution in [1.82, 2.24) is 19.4 Å². The van der Waals surface area contributed by atoms with Crippen LogP contribution >= 0.6 is 0 Å². The molecular weight excluding hydrogens is 384 g/mol. The molecule has 1 N–H and O–H groups in total. The molecule has 2 heterocycles. The summed E-state index contributed by atoms with van der Waals surface area (Å²) in [5.74, 6) is 0.0247. The van der Waals surface area contributed by atoms with Gasteiger partial charge in [-0.25, -0.2) is 4.98 Å². The van der Waals surface area contributed by atoms with Crippen LogP contribution in [0.2, 0.25) is 0 Å². The van der Waals surface area contributed by atoms with E-state index in [0.29, 0.717) is 12.5 Å². The van der Waals surface area contributed by atoms with Crippen molar-refractivity contribution < 1.29 is 9.72 Å². The summed E-state index contributed by atoms with van der Waals surface area (Å²) in [7, 11) is 2.13.